The summed E-state index contributed by atoms with van der Waals surface area (Å²) in [5.74, 6) is 0.738. The van der Waals surface area contributed by atoms with Gasteiger partial charge in [0.15, 0.2) is 0 Å². The molecule has 0 aromatic heterocycles. The topological polar surface area (TPSA) is 73.2 Å². The van der Waals surface area contributed by atoms with E-state index < -0.39 is 0 Å². The fraction of sp³-hybridized carbons (Fsp3) is 0.550. The zero-order chi connectivity index (χ0) is 18.0. The molecule has 2 aliphatic rings. The zero-order valence-electron chi connectivity index (χ0n) is 14.9. The minimum Gasteiger partial charge on any atom is -0.339 e. The van der Waals surface area contributed by atoms with Gasteiger partial charge in [-0.15, -0.1) is 0 Å². The second-order valence-corrected chi connectivity index (χ2v) is 7.46. The largest absolute Gasteiger partial charge is 0.339 e. The quantitative estimate of drug-likeness (QED) is 0.919. The van der Waals surface area contributed by atoms with Crippen LogP contribution in [0.1, 0.15) is 45.1 Å². The lowest BCUT2D eigenvalue weighted by Gasteiger charge is -2.40. The number of nitrogens with one attached hydrogen (secondary N) is 1. The van der Waals surface area contributed by atoms with Gasteiger partial charge in [-0.25, -0.2) is 0 Å². The minimum absolute atomic E-state index is 0.0943. The zero-order valence-corrected chi connectivity index (χ0v) is 14.9. The summed E-state index contributed by atoms with van der Waals surface area (Å²) >= 11 is 0. The van der Waals surface area contributed by atoms with E-state index in [1.807, 2.05) is 4.90 Å². The molecule has 2 fully saturated rings. The molecule has 132 valence electrons. The van der Waals surface area contributed by atoms with Crippen molar-refractivity contribution in [3.05, 3.63) is 29.8 Å². The maximum Gasteiger partial charge on any atom is 0.229 e. The molecule has 1 saturated carbocycles. The highest BCUT2D eigenvalue weighted by molar-refractivity contribution is 5.97. The molecule has 0 radical (unpaired) electrons. The van der Waals surface area contributed by atoms with Crippen molar-refractivity contribution in [1.82, 2.24) is 4.90 Å². The lowest BCUT2D eigenvalue weighted by molar-refractivity contribution is -0.131. The smallest absolute Gasteiger partial charge is 0.229 e. The van der Waals surface area contributed by atoms with E-state index in [9.17, 15) is 9.59 Å². The van der Waals surface area contributed by atoms with Gasteiger partial charge in [0.25, 0.3) is 0 Å². The van der Waals surface area contributed by atoms with Crippen molar-refractivity contribution in [2.45, 2.75) is 45.6 Å². The van der Waals surface area contributed by atoms with Gasteiger partial charge in [-0.2, -0.15) is 5.26 Å². The molecule has 3 rings (SSSR count). The molecular formula is C20H25N3O2. The Hall–Kier alpha value is -2.35. The van der Waals surface area contributed by atoms with Crippen LogP contribution in [-0.4, -0.2) is 29.3 Å². The summed E-state index contributed by atoms with van der Waals surface area (Å²) in [6.07, 6.45) is 3.69. The number of hydrogen-bond donors (Lipinski definition) is 1. The van der Waals surface area contributed by atoms with E-state index in [0.717, 1.165) is 12.8 Å². The number of nitriles is 1. The Morgan fingerprint density at radius 2 is 2.12 bits per heavy atom. The second kappa shape index (κ2) is 7.26. The first-order valence-corrected chi connectivity index (χ1v) is 9.10. The van der Waals surface area contributed by atoms with Crippen molar-refractivity contribution in [3.63, 3.8) is 0 Å². The Kier molecular flexibility index (Phi) is 5.08. The number of nitrogens with zero attached hydrogens (tertiary/aromatic N) is 2. The normalized spacial score (nSPS) is 29.3. The maximum atomic E-state index is 12.6. The van der Waals surface area contributed by atoms with Crippen LogP contribution >= 0.6 is 0 Å². The van der Waals surface area contributed by atoms with Crippen molar-refractivity contribution < 1.29 is 9.59 Å². The van der Waals surface area contributed by atoms with Gasteiger partial charge < -0.3 is 10.2 Å². The molecule has 1 heterocycles. The van der Waals surface area contributed by atoms with Crippen LogP contribution < -0.4 is 5.32 Å². The summed E-state index contributed by atoms with van der Waals surface area (Å²) in [6.45, 7) is 4.98. The van der Waals surface area contributed by atoms with Crippen LogP contribution in [0.15, 0.2) is 24.3 Å². The van der Waals surface area contributed by atoms with Crippen molar-refractivity contribution in [2.75, 3.05) is 11.9 Å². The maximum absolute atomic E-state index is 12.6. The van der Waals surface area contributed by atoms with Crippen LogP contribution in [0.4, 0.5) is 5.69 Å². The summed E-state index contributed by atoms with van der Waals surface area (Å²) < 4.78 is 0. The first kappa shape index (κ1) is 17.5. The molecule has 2 amide bonds. The summed E-state index contributed by atoms with van der Waals surface area (Å²) in [4.78, 5) is 27.0. The van der Waals surface area contributed by atoms with E-state index in [2.05, 4.69) is 25.2 Å². The Labute approximate surface area is 149 Å². The van der Waals surface area contributed by atoms with Crippen LogP contribution in [0.5, 0.6) is 0 Å². The van der Waals surface area contributed by atoms with Crippen LogP contribution in [0.2, 0.25) is 0 Å². The van der Waals surface area contributed by atoms with Crippen LogP contribution in [0.25, 0.3) is 0 Å². The van der Waals surface area contributed by atoms with Gasteiger partial charge in [0, 0.05) is 24.7 Å². The van der Waals surface area contributed by atoms with Gasteiger partial charge in [0.1, 0.15) is 0 Å². The van der Waals surface area contributed by atoms with E-state index in [0.29, 0.717) is 29.6 Å². The summed E-state index contributed by atoms with van der Waals surface area (Å²) in [6, 6.07) is 9.17. The van der Waals surface area contributed by atoms with E-state index in [1.165, 1.54) is 6.42 Å². The number of amides is 2. The molecule has 1 N–H and O–H groups in total. The number of hydrogen-bond acceptors (Lipinski definition) is 3. The third-order valence-electron chi connectivity index (χ3n) is 5.85. The van der Waals surface area contributed by atoms with Gasteiger partial charge in [0.05, 0.1) is 17.6 Å². The molecule has 0 unspecified atom stereocenters. The average Bonchev–Trinajstić information content (AvgIpc) is 2.99. The number of likely N-dealkylation sites (tertiary alicyclic amines) is 1. The third kappa shape index (κ3) is 3.68. The van der Waals surface area contributed by atoms with Crippen molar-refractivity contribution >= 4 is 17.5 Å². The first-order chi connectivity index (χ1) is 12.0. The number of rotatable bonds is 3. The molecule has 0 bridgehead atoms. The van der Waals surface area contributed by atoms with Gasteiger partial charge in [-0.1, -0.05) is 32.8 Å². The second-order valence-electron chi connectivity index (χ2n) is 7.46. The molecule has 1 aromatic carbocycles. The first-order valence-electron chi connectivity index (χ1n) is 9.10. The van der Waals surface area contributed by atoms with E-state index in [1.54, 1.807) is 24.3 Å². The number of anilines is 1. The van der Waals surface area contributed by atoms with Gasteiger partial charge >= 0.3 is 0 Å². The van der Waals surface area contributed by atoms with Crippen molar-refractivity contribution in [1.29, 1.82) is 5.26 Å². The highest BCUT2D eigenvalue weighted by Gasteiger charge is 2.41. The van der Waals surface area contributed by atoms with Gasteiger partial charge in [-0.3, -0.25) is 9.59 Å². The molecule has 1 aromatic rings. The molecule has 0 spiro atoms. The standard InChI is InChI=1S/C20H25N3O2/c1-13-5-3-8-18(14(13)2)23-12-16(10-19(23)24)20(25)22-17-7-4-6-15(9-17)11-21/h4,6-7,9,13-14,16,18H,3,5,8,10,12H2,1-2H3,(H,22,25)/t13-,14-,16-,18+/m1/s1. The molecular weight excluding hydrogens is 314 g/mol. The summed E-state index contributed by atoms with van der Waals surface area (Å²) in [5.41, 5.74) is 1.11. The van der Waals surface area contributed by atoms with Gasteiger partial charge in [0.2, 0.25) is 11.8 Å². The summed E-state index contributed by atoms with van der Waals surface area (Å²) in [7, 11) is 0. The predicted octanol–water partition coefficient (Wildman–Crippen LogP) is 3.17. The van der Waals surface area contributed by atoms with Gasteiger partial charge in [-0.05, 0) is 36.5 Å². The van der Waals surface area contributed by atoms with Crippen molar-refractivity contribution in [2.24, 2.45) is 17.8 Å². The van der Waals surface area contributed by atoms with Crippen LogP contribution in [0.3, 0.4) is 0 Å². The highest BCUT2D eigenvalue weighted by Crippen LogP contribution is 2.35. The Balaban J connectivity index is 1.65. The van der Waals surface area contributed by atoms with E-state index in [4.69, 9.17) is 5.26 Å². The van der Waals surface area contributed by atoms with Crippen molar-refractivity contribution in [3.8, 4) is 6.07 Å². The molecule has 1 saturated heterocycles. The minimum atomic E-state index is -0.317. The average molecular weight is 339 g/mol. The number of carbonyl (C=O) groups excluding carboxylic acids is 2. The van der Waals surface area contributed by atoms with Crippen LogP contribution in [-0.2, 0) is 9.59 Å². The molecule has 5 nitrogen and oxygen atoms in total. The molecule has 1 aliphatic heterocycles. The van der Waals surface area contributed by atoms with Crippen LogP contribution in [0, 0.1) is 29.1 Å². The lowest BCUT2D eigenvalue weighted by atomic mass is 9.77. The lowest BCUT2D eigenvalue weighted by Crippen LogP contribution is -2.45. The number of carbonyl (C=O) groups is 2. The Morgan fingerprint density at radius 3 is 2.88 bits per heavy atom. The highest BCUT2D eigenvalue weighted by atomic mass is 16.2. The number of benzene rings is 1. The fourth-order valence-electron chi connectivity index (χ4n) is 4.13. The van der Waals surface area contributed by atoms with E-state index >= 15 is 0 Å². The molecule has 5 heteroatoms. The van der Waals surface area contributed by atoms with E-state index in [-0.39, 0.29) is 30.2 Å². The Bertz CT molecular complexity index is 709. The fourth-order valence-corrected chi connectivity index (χ4v) is 4.13. The third-order valence-corrected chi connectivity index (χ3v) is 5.85. The Morgan fingerprint density at radius 1 is 1.32 bits per heavy atom. The molecule has 1 aliphatic carbocycles. The SMILES string of the molecule is C[C@@H]1[C@H](C)CCC[C@@H]1N1C[C@H](C(=O)Nc2cccc(C#N)c2)CC1=O. The summed E-state index contributed by atoms with van der Waals surface area (Å²) in [5, 5.41) is 11.8. The molecule has 25 heavy (non-hydrogen) atoms. The monoisotopic (exact) mass is 339 g/mol. The molecule has 4 atom stereocenters. The predicted molar refractivity (Wildman–Crippen MR) is 95.6 cm³/mol.